The van der Waals surface area contributed by atoms with Crippen molar-refractivity contribution in [3.05, 3.63) is 66.1 Å². The largest absolute Gasteiger partial charge is 0.411 e. The highest BCUT2D eigenvalue weighted by molar-refractivity contribution is 6.00. The van der Waals surface area contributed by atoms with Gasteiger partial charge in [-0.05, 0) is 30.3 Å². The molecule has 0 fully saturated rings. The number of nitrogens with zero attached hydrogens (tertiary/aromatic N) is 2. The van der Waals surface area contributed by atoms with E-state index < -0.39 is 0 Å². The Kier molecular flexibility index (Phi) is 5.55. The average Bonchev–Trinajstić information content (AvgIpc) is 2.88. The number of nitrogens with one attached hydrogen (secondary N) is 1. The van der Waals surface area contributed by atoms with Crippen LogP contribution >= 0.6 is 12.4 Å². The van der Waals surface area contributed by atoms with Crippen molar-refractivity contribution in [2.75, 3.05) is 5.32 Å². The van der Waals surface area contributed by atoms with Crippen LogP contribution in [-0.2, 0) is 11.3 Å². The third-order valence-corrected chi connectivity index (χ3v) is 3.46. The smallest absolute Gasteiger partial charge is 0.244 e. The molecule has 0 aliphatic carbocycles. The van der Waals surface area contributed by atoms with Crippen LogP contribution in [0.4, 0.5) is 10.1 Å². The molecule has 0 aliphatic rings. The molecule has 0 atom stereocenters. The van der Waals surface area contributed by atoms with Gasteiger partial charge < -0.3 is 15.1 Å². The Hall–Kier alpha value is -2.86. The van der Waals surface area contributed by atoms with Crippen LogP contribution < -0.4 is 5.32 Å². The normalized spacial score (nSPS) is 10.7. The Morgan fingerprint density at radius 2 is 1.92 bits per heavy atom. The van der Waals surface area contributed by atoms with E-state index in [0.717, 1.165) is 16.5 Å². The molecule has 0 saturated heterocycles. The molecule has 5 nitrogen and oxygen atoms in total. The first-order valence-electron chi connectivity index (χ1n) is 6.98. The number of rotatable bonds is 4. The van der Waals surface area contributed by atoms with Crippen molar-refractivity contribution in [2.45, 2.75) is 6.54 Å². The van der Waals surface area contributed by atoms with Crippen LogP contribution in [0.2, 0.25) is 0 Å². The number of aromatic nitrogens is 1. The number of benzene rings is 2. The molecule has 24 heavy (non-hydrogen) atoms. The van der Waals surface area contributed by atoms with Crippen molar-refractivity contribution in [3.63, 3.8) is 0 Å². The molecule has 1 amide bonds. The van der Waals surface area contributed by atoms with E-state index >= 15 is 0 Å². The highest BCUT2D eigenvalue weighted by Gasteiger charge is 2.10. The number of oxime groups is 1. The van der Waals surface area contributed by atoms with E-state index in [1.165, 1.54) is 30.5 Å². The van der Waals surface area contributed by atoms with Gasteiger partial charge in [0.05, 0.1) is 6.21 Å². The minimum absolute atomic E-state index is 0. The molecule has 1 heterocycles. The highest BCUT2D eigenvalue weighted by atomic mass is 35.5. The lowest BCUT2D eigenvalue weighted by Crippen LogP contribution is -2.18. The van der Waals surface area contributed by atoms with Gasteiger partial charge in [0.15, 0.2) is 0 Å². The second kappa shape index (κ2) is 7.61. The summed E-state index contributed by atoms with van der Waals surface area (Å²) in [5.74, 6) is -0.586. The van der Waals surface area contributed by atoms with E-state index in [4.69, 9.17) is 5.21 Å². The maximum absolute atomic E-state index is 12.9. The van der Waals surface area contributed by atoms with Gasteiger partial charge in [0.1, 0.15) is 12.4 Å². The molecule has 0 unspecified atom stereocenters. The first kappa shape index (κ1) is 17.5. The fraction of sp³-hybridized carbons (Fsp3) is 0.0588. The lowest BCUT2D eigenvalue weighted by Gasteiger charge is -2.07. The van der Waals surface area contributed by atoms with Crippen LogP contribution in [-0.4, -0.2) is 21.9 Å². The molecule has 3 aromatic rings. The van der Waals surface area contributed by atoms with Crippen LogP contribution in [0.25, 0.3) is 10.9 Å². The van der Waals surface area contributed by atoms with Crippen molar-refractivity contribution < 1.29 is 14.4 Å². The van der Waals surface area contributed by atoms with Crippen molar-refractivity contribution in [1.82, 2.24) is 4.57 Å². The summed E-state index contributed by atoms with van der Waals surface area (Å²) in [6.07, 6.45) is 3.07. The molecular formula is C17H15ClFN3O2. The van der Waals surface area contributed by atoms with Crippen molar-refractivity contribution >= 4 is 41.1 Å². The molecule has 124 valence electrons. The lowest BCUT2D eigenvalue weighted by molar-refractivity contribution is -0.116. The number of hydrogen-bond donors (Lipinski definition) is 2. The summed E-state index contributed by atoms with van der Waals surface area (Å²) in [5, 5.41) is 15.4. The zero-order chi connectivity index (χ0) is 16.2. The summed E-state index contributed by atoms with van der Waals surface area (Å²) >= 11 is 0. The molecule has 0 aliphatic heterocycles. The van der Waals surface area contributed by atoms with Gasteiger partial charge in [-0.3, -0.25) is 4.79 Å². The predicted molar refractivity (Wildman–Crippen MR) is 93.6 cm³/mol. The fourth-order valence-corrected chi connectivity index (χ4v) is 2.46. The Balaban J connectivity index is 0.00000208. The van der Waals surface area contributed by atoms with E-state index in [-0.39, 0.29) is 30.7 Å². The van der Waals surface area contributed by atoms with E-state index in [1.807, 2.05) is 24.3 Å². The van der Waals surface area contributed by atoms with Gasteiger partial charge in [-0.1, -0.05) is 23.4 Å². The predicted octanol–water partition coefficient (Wildman–Crippen LogP) is 3.65. The monoisotopic (exact) mass is 347 g/mol. The fourth-order valence-electron chi connectivity index (χ4n) is 2.46. The van der Waals surface area contributed by atoms with Gasteiger partial charge in [-0.15, -0.1) is 12.4 Å². The third-order valence-electron chi connectivity index (χ3n) is 3.46. The van der Waals surface area contributed by atoms with Crippen molar-refractivity contribution in [3.8, 4) is 0 Å². The summed E-state index contributed by atoms with van der Waals surface area (Å²) in [7, 11) is 0. The first-order chi connectivity index (χ1) is 11.2. The number of halogens is 2. The number of para-hydroxylation sites is 1. The summed E-state index contributed by atoms with van der Waals surface area (Å²) in [6, 6.07) is 13.1. The Morgan fingerprint density at radius 1 is 1.21 bits per heavy atom. The number of hydrogen-bond acceptors (Lipinski definition) is 3. The summed E-state index contributed by atoms with van der Waals surface area (Å²) in [6.45, 7) is 0.0944. The quantitative estimate of drug-likeness (QED) is 0.430. The molecule has 0 spiro atoms. The van der Waals surface area contributed by atoms with E-state index in [1.54, 1.807) is 10.8 Å². The topological polar surface area (TPSA) is 66.6 Å². The molecule has 2 N–H and O–H groups in total. The Bertz CT molecular complexity index is 875. The van der Waals surface area contributed by atoms with Crippen LogP contribution in [0.1, 0.15) is 5.56 Å². The molecule has 7 heteroatoms. The number of carbonyl (C=O) groups is 1. The second-order valence-corrected chi connectivity index (χ2v) is 5.03. The summed E-state index contributed by atoms with van der Waals surface area (Å²) in [5.41, 5.74) is 2.11. The molecule has 0 radical (unpaired) electrons. The van der Waals surface area contributed by atoms with E-state index in [0.29, 0.717) is 5.69 Å². The van der Waals surface area contributed by atoms with Crippen LogP contribution in [0.3, 0.4) is 0 Å². The van der Waals surface area contributed by atoms with Crippen LogP contribution in [0.15, 0.2) is 59.9 Å². The highest BCUT2D eigenvalue weighted by Crippen LogP contribution is 2.20. The van der Waals surface area contributed by atoms with Gasteiger partial charge in [-0.2, -0.15) is 0 Å². The number of anilines is 1. The third kappa shape index (κ3) is 3.72. The molecule has 0 bridgehead atoms. The van der Waals surface area contributed by atoms with Gasteiger partial charge in [0.25, 0.3) is 0 Å². The molecular weight excluding hydrogens is 333 g/mol. The number of carbonyl (C=O) groups excluding carboxylic acids is 1. The zero-order valence-electron chi connectivity index (χ0n) is 12.5. The van der Waals surface area contributed by atoms with Gasteiger partial charge >= 0.3 is 0 Å². The molecule has 2 aromatic carbocycles. The number of amides is 1. The number of fused-ring (bicyclic) bond motifs is 1. The van der Waals surface area contributed by atoms with Gasteiger partial charge in [0, 0.05) is 28.4 Å². The van der Waals surface area contributed by atoms with Crippen LogP contribution in [0.5, 0.6) is 0 Å². The average molecular weight is 348 g/mol. The maximum atomic E-state index is 12.9. The summed E-state index contributed by atoms with van der Waals surface area (Å²) in [4.78, 5) is 12.2. The van der Waals surface area contributed by atoms with Gasteiger partial charge in [0.2, 0.25) is 5.91 Å². The van der Waals surface area contributed by atoms with E-state index in [9.17, 15) is 9.18 Å². The molecule has 1 aromatic heterocycles. The van der Waals surface area contributed by atoms with E-state index in [2.05, 4.69) is 10.5 Å². The Morgan fingerprint density at radius 3 is 2.62 bits per heavy atom. The molecule has 0 saturated carbocycles. The van der Waals surface area contributed by atoms with Gasteiger partial charge in [-0.25, -0.2) is 4.39 Å². The van der Waals surface area contributed by atoms with Crippen molar-refractivity contribution in [1.29, 1.82) is 0 Å². The Labute approximate surface area is 143 Å². The minimum Gasteiger partial charge on any atom is -0.411 e. The zero-order valence-corrected chi connectivity index (χ0v) is 13.3. The SMILES string of the molecule is Cl.O=C(Cn1cc(/C=N/O)c2ccccc21)Nc1ccc(F)cc1. The minimum atomic E-state index is -0.354. The first-order valence-corrected chi connectivity index (χ1v) is 6.98. The maximum Gasteiger partial charge on any atom is 0.244 e. The second-order valence-electron chi connectivity index (χ2n) is 5.03. The standard InChI is InChI=1S/C17H14FN3O2.ClH/c18-13-5-7-14(8-6-13)20-17(22)11-21-10-12(9-19-23)15-3-1-2-4-16(15)21;/h1-10,23H,11H2,(H,20,22);1H/b19-9+;. The van der Waals surface area contributed by atoms with Crippen molar-refractivity contribution in [2.24, 2.45) is 5.16 Å². The molecule has 3 rings (SSSR count). The lowest BCUT2D eigenvalue weighted by atomic mass is 10.2. The summed E-state index contributed by atoms with van der Waals surface area (Å²) < 4.78 is 14.6. The van der Waals surface area contributed by atoms with Crippen LogP contribution in [0, 0.1) is 5.82 Å².